The lowest BCUT2D eigenvalue weighted by Crippen LogP contribution is -2.45. The number of hydrogen-bond donors (Lipinski definition) is 0. The second-order valence-corrected chi connectivity index (χ2v) is 6.03. The summed E-state index contributed by atoms with van der Waals surface area (Å²) >= 11 is 0. The van der Waals surface area contributed by atoms with Crippen molar-refractivity contribution in [2.75, 3.05) is 26.2 Å². The fourth-order valence-corrected chi connectivity index (χ4v) is 3.33. The molecule has 0 aliphatic carbocycles. The number of rotatable bonds is 3. The maximum Gasteiger partial charge on any atom is 0.410 e. The Morgan fingerprint density at radius 3 is 2.83 bits per heavy atom. The second-order valence-electron chi connectivity index (χ2n) is 6.03. The van der Waals surface area contributed by atoms with Crippen molar-refractivity contribution in [2.24, 2.45) is 0 Å². The predicted molar refractivity (Wildman–Crippen MR) is 80.3 cm³/mol. The number of piperidine rings is 1. The molecule has 0 saturated carbocycles. The number of oxazole rings is 1. The minimum Gasteiger partial charge on any atom is -0.448 e. The van der Waals surface area contributed by atoms with E-state index in [0.29, 0.717) is 36.7 Å². The first kappa shape index (κ1) is 14.4. The van der Waals surface area contributed by atoms with E-state index in [-0.39, 0.29) is 18.0 Å². The molecule has 6 nitrogen and oxygen atoms in total. The van der Waals surface area contributed by atoms with Crippen molar-refractivity contribution in [1.82, 2.24) is 14.8 Å². The van der Waals surface area contributed by atoms with Gasteiger partial charge in [-0.1, -0.05) is 0 Å². The van der Waals surface area contributed by atoms with Gasteiger partial charge in [0.2, 0.25) is 5.89 Å². The number of hydrogen-bond acceptors (Lipinski definition) is 5. The summed E-state index contributed by atoms with van der Waals surface area (Å²) in [5.74, 6) is 0.292. The van der Waals surface area contributed by atoms with Crippen LogP contribution in [0.2, 0.25) is 0 Å². The quantitative estimate of drug-likeness (QED) is 0.869. The highest BCUT2D eigenvalue weighted by Crippen LogP contribution is 2.22. The van der Waals surface area contributed by atoms with Crippen molar-refractivity contribution in [3.63, 3.8) is 0 Å². The summed E-state index contributed by atoms with van der Waals surface area (Å²) in [6, 6.07) is 4.62. The van der Waals surface area contributed by atoms with Gasteiger partial charge in [-0.2, -0.15) is 0 Å². The SMILES string of the molecule is O=C1OCCN1C1CCN(Cc2nc3cc(F)ccc3o2)CC1. The average molecular weight is 319 g/mol. The van der Waals surface area contributed by atoms with Crippen molar-refractivity contribution >= 4 is 17.2 Å². The molecule has 0 spiro atoms. The summed E-state index contributed by atoms with van der Waals surface area (Å²) in [7, 11) is 0. The molecule has 0 unspecified atom stereocenters. The van der Waals surface area contributed by atoms with Crippen LogP contribution >= 0.6 is 0 Å². The number of benzene rings is 1. The highest BCUT2D eigenvalue weighted by Gasteiger charge is 2.32. The Labute approximate surface area is 132 Å². The lowest BCUT2D eigenvalue weighted by molar-refractivity contribution is 0.111. The molecule has 122 valence electrons. The number of cyclic esters (lactones) is 1. The Morgan fingerprint density at radius 2 is 2.09 bits per heavy atom. The van der Waals surface area contributed by atoms with Gasteiger partial charge in [0.15, 0.2) is 5.58 Å². The number of halogens is 1. The number of carbonyl (C=O) groups is 1. The van der Waals surface area contributed by atoms with Gasteiger partial charge in [-0.15, -0.1) is 0 Å². The topological polar surface area (TPSA) is 58.8 Å². The normalized spacial score (nSPS) is 20.4. The second kappa shape index (κ2) is 5.81. The van der Waals surface area contributed by atoms with E-state index in [4.69, 9.17) is 9.15 Å². The molecule has 7 heteroatoms. The zero-order chi connectivity index (χ0) is 15.8. The summed E-state index contributed by atoms with van der Waals surface area (Å²) in [6.45, 7) is 3.55. The van der Waals surface area contributed by atoms with Crippen LogP contribution in [-0.4, -0.2) is 53.2 Å². The molecule has 4 rings (SSSR count). The maximum atomic E-state index is 13.2. The van der Waals surface area contributed by atoms with E-state index in [1.807, 2.05) is 4.90 Å². The van der Waals surface area contributed by atoms with Gasteiger partial charge < -0.3 is 14.1 Å². The molecule has 2 aliphatic rings. The van der Waals surface area contributed by atoms with Gasteiger partial charge in [-0.3, -0.25) is 4.90 Å². The van der Waals surface area contributed by atoms with Crippen LogP contribution in [0.15, 0.2) is 22.6 Å². The Bertz CT molecular complexity index is 724. The van der Waals surface area contributed by atoms with Gasteiger partial charge in [-0.05, 0) is 25.0 Å². The Balaban J connectivity index is 1.37. The molecule has 0 atom stereocenters. The standard InChI is InChI=1S/C16H18FN3O3/c17-11-1-2-14-13(9-11)18-15(23-14)10-19-5-3-12(4-6-19)20-7-8-22-16(20)21/h1-2,9,12H,3-8,10H2. The summed E-state index contributed by atoms with van der Waals surface area (Å²) < 4.78 is 23.9. The van der Waals surface area contributed by atoms with Gasteiger partial charge in [0, 0.05) is 25.2 Å². The van der Waals surface area contributed by atoms with Crippen molar-refractivity contribution in [3.8, 4) is 0 Å². The molecule has 2 aromatic rings. The molecule has 0 radical (unpaired) electrons. The lowest BCUT2D eigenvalue weighted by atomic mass is 10.0. The van der Waals surface area contributed by atoms with Gasteiger partial charge in [0.05, 0.1) is 13.1 Å². The third-order valence-electron chi connectivity index (χ3n) is 4.54. The number of amides is 1. The number of carbonyl (C=O) groups excluding carboxylic acids is 1. The van der Waals surface area contributed by atoms with E-state index in [1.165, 1.54) is 12.1 Å². The van der Waals surface area contributed by atoms with Crippen molar-refractivity contribution in [1.29, 1.82) is 0 Å². The van der Waals surface area contributed by atoms with Gasteiger partial charge in [-0.25, -0.2) is 14.2 Å². The Hall–Kier alpha value is -2.15. The smallest absolute Gasteiger partial charge is 0.410 e. The highest BCUT2D eigenvalue weighted by atomic mass is 19.1. The van der Waals surface area contributed by atoms with E-state index in [1.54, 1.807) is 6.07 Å². The fraction of sp³-hybridized carbons (Fsp3) is 0.500. The van der Waals surface area contributed by atoms with E-state index in [0.717, 1.165) is 25.9 Å². The number of likely N-dealkylation sites (tertiary alicyclic amines) is 1. The van der Waals surface area contributed by atoms with Gasteiger partial charge >= 0.3 is 6.09 Å². The number of nitrogens with zero attached hydrogens (tertiary/aromatic N) is 3. The number of aromatic nitrogens is 1. The molecule has 2 saturated heterocycles. The fourth-order valence-electron chi connectivity index (χ4n) is 3.33. The molecule has 23 heavy (non-hydrogen) atoms. The summed E-state index contributed by atoms with van der Waals surface area (Å²) in [4.78, 5) is 20.0. The average Bonchev–Trinajstić information content (AvgIpc) is 3.13. The van der Waals surface area contributed by atoms with E-state index in [9.17, 15) is 9.18 Å². The van der Waals surface area contributed by atoms with Crippen LogP contribution in [0.1, 0.15) is 18.7 Å². The summed E-state index contributed by atoms with van der Waals surface area (Å²) in [5, 5.41) is 0. The first-order chi connectivity index (χ1) is 11.2. The Kier molecular flexibility index (Phi) is 3.65. The monoisotopic (exact) mass is 319 g/mol. The van der Waals surface area contributed by atoms with Crippen LogP contribution in [0.3, 0.4) is 0 Å². The molecule has 3 heterocycles. The maximum absolute atomic E-state index is 13.2. The third-order valence-corrected chi connectivity index (χ3v) is 4.54. The van der Waals surface area contributed by atoms with Crippen LogP contribution in [0.4, 0.5) is 9.18 Å². The van der Waals surface area contributed by atoms with Crippen LogP contribution < -0.4 is 0 Å². The van der Waals surface area contributed by atoms with Crippen LogP contribution in [0, 0.1) is 5.82 Å². The zero-order valence-electron chi connectivity index (χ0n) is 12.7. The summed E-state index contributed by atoms with van der Waals surface area (Å²) in [6.07, 6.45) is 1.65. The third kappa shape index (κ3) is 2.88. The highest BCUT2D eigenvalue weighted by molar-refractivity contribution is 5.72. The number of fused-ring (bicyclic) bond motifs is 1. The molecule has 1 aromatic heterocycles. The minimum absolute atomic E-state index is 0.190. The van der Waals surface area contributed by atoms with E-state index < -0.39 is 0 Å². The van der Waals surface area contributed by atoms with Crippen molar-refractivity contribution in [2.45, 2.75) is 25.4 Å². The molecule has 2 aliphatic heterocycles. The lowest BCUT2D eigenvalue weighted by Gasteiger charge is -2.34. The van der Waals surface area contributed by atoms with Crippen molar-refractivity contribution in [3.05, 3.63) is 29.9 Å². The van der Waals surface area contributed by atoms with E-state index in [2.05, 4.69) is 9.88 Å². The first-order valence-electron chi connectivity index (χ1n) is 7.90. The Morgan fingerprint density at radius 1 is 1.26 bits per heavy atom. The first-order valence-corrected chi connectivity index (χ1v) is 7.90. The van der Waals surface area contributed by atoms with Crippen molar-refractivity contribution < 1.29 is 18.3 Å². The molecule has 0 N–H and O–H groups in total. The molecule has 0 bridgehead atoms. The van der Waals surface area contributed by atoms with Gasteiger partial charge in [0.1, 0.15) is 17.9 Å². The molecular formula is C16H18FN3O3. The molecule has 2 fully saturated rings. The summed E-state index contributed by atoms with van der Waals surface area (Å²) in [5.41, 5.74) is 1.16. The molecule has 1 aromatic carbocycles. The van der Waals surface area contributed by atoms with Crippen LogP contribution in [-0.2, 0) is 11.3 Å². The number of ether oxygens (including phenoxy) is 1. The zero-order valence-corrected chi connectivity index (χ0v) is 12.7. The van der Waals surface area contributed by atoms with Gasteiger partial charge in [0.25, 0.3) is 0 Å². The van der Waals surface area contributed by atoms with E-state index >= 15 is 0 Å². The van der Waals surface area contributed by atoms with Crippen LogP contribution in [0.5, 0.6) is 0 Å². The molecular weight excluding hydrogens is 301 g/mol. The predicted octanol–water partition coefficient (Wildman–Crippen LogP) is 2.38. The largest absolute Gasteiger partial charge is 0.448 e. The van der Waals surface area contributed by atoms with Crippen LogP contribution in [0.25, 0.3) is 11.1 Å². The minimum atomic E-state index is -0.310. The molecule has 1 amide bonds.